The van der Waals surface area contributed by atoms with Gasteiger partial charge in [0.05, 0.1) is 6.61 Å². The van der Waals surface area contributed by atoms with Crippen LogP contribution in [0.25, 0.3) is 0 Å². The van der Waals surface area contributed by atoms with E-state index in [2.05, 4.69) is 15.9 Å². The highest BCUT2D eigenvalue weighted by atomic mass is 79.9. The molecule has 0 N–H and O–H groups in total. The van der Waals surface area contributed by atoms with E-state index in [1.165, 1.54) is 0 Å². The van der Waals surface area contributed by atoms with Crippen molar-refractivity contribution >= 4 is 21.7 Å². The molecule has 3 heteroatoms. The number of benzene rings is 1. The van der Waals surface area contributed by atoms with E-state index in [-0.39, 0.29) is 5.78 Å². The summed E-state index contributed by atoms with van der Waals surface area (Å²) in [6, 6.07) is 7.40. The SMILES string of the molecule is CCOc1cccc(C(=O)CCCCBr)c1. The van der Waals surface area contributed by atoms with Gasteiger partial charge in [-0.3, -0.25) is 4.79 Å². The standard InChI is InChI=1S/C13H17BrO2/c1-2-16-12-7-5-6-11(10-12)13(15)8-3-4-9-14/h5-7,10H,2-4,8-9H2,1H3. The van der Waals surface area contributed by atoms with Gasteiger partial charge in [0.2, 0.25) is 0 Å². The Balaban J connectivity index is 2.57. The molecule has 2 nitrogen and oxygen atoms in total. The van der Waals surface area contributed by atoms with Crippen LogP contribution in [-0.2, 0) is 0 Å². The predicted octanol–water partition coefficient (Wildman–Crippen LogP) is 3.83. The molecule has 0 fully saturated rings. The van der Waals surface area contributed by atoms with E-state index in [4.69, 9.17) is 4.74 Å². The fourth-order valence-electron chi connectivity index (χ4n) is 1.45. The highest BCUT2D eigenvalue weighted by Gasteiger charge is 2.06. The Morgan fingerprint density at radius 3 is 2.88 bits per heavy atom. The third-order valence-corrected chi connectivity index (χ3v) is 2.82. The highest BCUT2D eigenvalue weighted by Crippen LogP contribution is 2.15. The molecule has 0 bridgehead atoms. The van der Waals surface area contributed by atoms with E-state index < -0.39 is 0 Å². The molecular formula is C13H17BrO2. The topological polar surface area (TPSA) is 26.3 Å². The highest BCUT2D eigenvalue weighted by molar-refractivity contribution is 9.09. The van der Waals surface area contributed by atoms with Crippen LogP contribution < -0.4 is 4.74 Å². The van der Waals surface area contributed by atoms with Gasteiger partial charge < -0.3 is 4.74 Å². The Morgan fingerprint density at radius 1 is 1.38 bits per heavy atom. The van der Waals surface area contributed by atoms with Gasteiger partial charge in [0.25, 0.3) is 0 Å². The largest absolute Gasteiger partial charge is 0.494 e. The van der Waals surface area contributed by atoms with Crippen LogP contribution in [0, 0.1) is 0 Å². The number of hydrogen-bond donors (Lipinski definition) is 0. The molecule has 0 aromatic heterocycles. The minimum absolute atomic E-state index is 0.197. The van der Waals surface area contributed by atoms with Crippen molar-refractivity contribution in [1.29, 1.82) is 0 Å². The van der Waals surface area contributed by atoms with Gasteiger partial charge in [0, 0.05) is 17.3 Å². The summed E-state index contributed by atoms with van der Waals surface area (Å²) in [6.45, 7) is 2.56. The van der Waals surface area contributed by atoms with Crippen LogP contribution in [0.5, 0.6) is 5.75 Å². The van der Waals surface area contributed by atoms with Crippen molar-refractivity contribution in [2.75, 3.05) is 11.9 Å². The summed E-state index contributed by atoms with van der Waals surface area (Å²) in [5.74, 6) is 0.969. The minimum Gasteiger partial charge on any atom is -0.494 e. The summed E-state index contributed by atoms with van der Waals surface area (Å²) >= 11 is 3.36. The lowest BCUT2D eigenvalue weighted by molar-refractivity contribution is 0.0979. The Morgan fingerprint density at radius 2 is 2.19 bits per heavy atom. The first-order valence-electron chi connectivity index (χ1n) is 5.60. The van der Waals surface area contributed by atoms with Crippen LogP contribution in [0.15, 0.2) is 24.3 Å². The summed E-state index contributed by atoms with van der Waals surface area (Å²) in [4.78, 5) is 11.8. The molecule has 0 unspecified atom stereocenters. The first-order chi connectivity index (χ1) is 7.77. The van der Waals surface area contributed by atoms with Gasteiger partial charge in [-0.1, -0.05) is 28.1 Å². The molecule has 0 amide bonds. The zero-order valence-corrected chi connectivity index (χ0v) is 11.1. The quantitative estimate of drug-likeness (QED) is 0.432. The van der Waals surface area contributed by atoms with Crippen molar-refractivity contribution in [3.63, 3.8) is 0 Å². The maximum Gasteiger partial charge on any atom is 0.163 e. The normalized spacial score (nSPS) is 10.1. The Bertz CT molecular complexity index is 336. The van der Waals surface area contributed by atoms with Gasteiger partial charge >= 0.3 is 0 Å². The first kappa shape index (κ1) is 13.2. The van der Waals surface area contributed by atoms with Crippen LogP contribution in [0.2, 0.25) is 0 Å². The zero-order chi connectivity index (χ0) is 11.8. The molecule has 88 valence electrons. The molecule has 16 heavy (non-hydrogen) atoms. The van der Waals surface area contributed by atoms with E-state index in [0.29, 0.717) is 13.0 Å². The molecule has 0 atom stereocenters. The zero-order valence-electron chi connectivity index (χ0n) is 9.54. The molecule has 1 aromatic rings. The molecule has 0 spiro atoms. The maximum absolute atomic E-state index is 11.8. The number of hydrogen-bond acceptors (Lipinski definition) is 2. The number of halogens is 1. The third-order valence-electron chi connectivity index (χ3n) is 2.25. The minimum atomic E-state index is 0.197. The summed E-state index contributed by atoms with van der Waals surface area (Å²) < 4.78 is 5.36. The molecule has 1 rings (SSSR count). The van der Waals surface area contributed by atoms with Crippen LogP contribution in [0.4, 0.5) is 0 Å². The molecule has 0 radical (unpaired) electrons. The predicted molar refractivity (Wildman–Crippen MR) is 69.6 cm³/mol. The van der Waals surface area contributed by atoms with Gasteiger partial charge in [-0.15, -0.1) is 0 Å². The second-order valence-corrected chi connectivity index (χ2v) is 4.32. The van der Waals surface area contributed by atoms with E-state index in [0.717, 1.165) is 29.5 Å². The number of carbonyl (C=O) groups is 1. The second-order valence-electron chi connectivity index (χ2n) is 3.53. The summed E-state index contributed by atoms with van der Waals surface area (Å²) in [5, 5.41) is 0.958. The number of ketones is 1. The summed E-state index contributed by atoms with van der Waals surface area (Å²) in [6.07, 6.45) is 2.58. The molecular weight excluding hydrogens is 268 g/mol. The molecule has 0 saturated heterocycles. The van der Waals surface area contributed by atoms with Crippen molar-refractivity contribution in [1.82, 2.24) is 0 Å². The van der Waals surface area contributed by atoms with Crippen molar-refractivity contribution in [3.8, 4) is 5.75 Å². The molecule has 0 aliphatic heterocycles. The van der Waals surface area contributed by atoms with E-state index in [1.807, 2.05) is 31.2 Å². The van der Waals surface area contributed by atoms with Crippen molar-refractivity contribution < 1.29 is 9.53 Å². The molecule has 0 aliphatic carbocycles. The fraction of sp³-hybridized carbons (Fsp3) is 0.462. The third kappa shape index (κ3) is 4.35. The first-order valence-corrected chi connectivity index (χ1v) is 6.72. The van der Waals surface area contributed by atoms with Crippen LogP contribution in [-0.4, -0.2) is 17.7 Å². The average molecular weight is 285 g/mol. The average Bonchev–Trinajstić information content (AvgIpc) is 2.30. The second kappa shape index (κ2) is 7.44. The van der Waals surface area contributed by atoms with E-state index in [1.54, 1.807) is 0 Å². The molecule has 1 aromatic carbocycles. The number of Topliss-reactive ketones (excluding diaryl/α,β-unsaturated/α-hetero) is 1. The smallest absolute Gasteiger partial charge is 0.163 e. The van der Waals surface area contributed by atoms with Crippen LogP contribution >= 0.6 is 15.9 Å². The lowest BCUT2D eigenvalue weighted by Crippen LogP contribution is -2.00. The maximum atomic E-state index is 11.8. The number of rotatable bonds is 7. The van der Waals surface area contributed by atoms with Crippen molar-refractivity contribution in [3.05, 3.63) is 29.8 Å². The number of ether oxygens (including phenoxy) is 1. The van der Waals surface area contributed by atoms with Gasteiger partial charge in [-0.2, -0.15) is 0 Å². The lowest BCUT2D eigenvalue weighted by atomic mass is 10.1. The molecule has 0 saturated carbocycles. The van der Waals surface area contributed by atoms with Gasteiger partial charge in [0.15, 0.2) is 5.78 Å². The van der Waals surface area contributed by atoms with E-state index >= 15 is 0 Å². The van der Waals surface area contributed by atoms with Gasteiger partial charge in [-0.25, -0.2) is 0 Å². The number of carbonyl (C=O) groups excluding carboxylic acids is 1. The van der Waals surface area contributed by atoms with Crippen molar-refractivity contribution in [2.24, 2.45) is 0 Å². The number of alkyl halides is 1. The van der Waals surface area contributed by atoms with Gasteiger partial charge in [0.1, 0.15) is 5.75 Å². The molecule has 0 aliphatic rings. The summed E-state index contributed by atoms with van der Waals surface area (Å²) in [5.41, 5.74) is 0.750. The molecule has 0 heterocycles. The monoisotopic (exact) mass is 284 g/mol. The number of unbranched alkanes of at least 4 members (excludes halogenated alkanes) is 1. The van der Waals surface area contributed by atoms with E-state index in [9.17, 15) is 4.79 Å². The van der Waals surface area contributed by atoms with Crippen LogP contribution in [0.1, 0.15) is 36.5 Å². The Kier molecular flexibility index (Phi) is 6.16. The van der Waals surface area contributed by atoms with Gasteiger partial charge in [-0.05, 0) is 31.9 Å². The Labute approximate surface area is 105 Å². The van der Waals surface area contributed by atoms with Crippen LogP contribution in [0.3, 0.4) is 0 Å². The Hall–Kier alpha value is -0.830. The lowest BCUT2D eigenvalue weighted by Gasteiger charge is -2.05. The summed E-state index contributed by atoms with van der Waals surface area (Å²) in [7, 11) is 0. The van der Waals surface area contributed by atoms with Crippen molar-refractivity contribution in [2.45, 2.75) is 26.2 Å². The fourth-order valence-corrected chi connectivity index (χ4v) is 1.85.